The molecule has 2 amide bonds. The Kier molecular flexibility index (Phi) is 5.03. The van der Waals surface area contributed by atoms with Crippen LogP contribution in [-0.4, -0.2) is 45.2 Å². The Balaban J connectivity index is 1.79. The molecule has 8 heteroatoms. The molecule has 142 valence electrons. The molecule has 3 rings (SSSR count). The number of amides is 2. The molecule has 0 atom stereocenters. The maximum atomic E-state index is 12.5. The zero-order valence-corrected chi connectivity index (χ0v) is 16.2. The minimum absolute atomic E-state index is 0.0325. The van der Waals surface area contributed by atoms with Crippen LogP contribution >= 0.6 is 0 Å². The Hall–Kier alpha value is -2.71. The average Bonchev–Trinajstić information content (AvgIpc) is 3.05. The van der Waals surface area contributed by atoms with E-state index in [4.69, 9.17) is 0 Å². The number of carbonyl (C=O) groups is 2. The third kappa shape index (κ3) is 3.72. The van der Waals surface area contributed by atoms with Crippen LogP contribution in [0.15, 0.2) is 47.4 Å². The second-order valence-electron chi connectivity index (χ2n) is 6.53. The maximum absolute atomic E-state index is 12.5. The van der Waals surface area contributed by atoms with Gasteiger partial charge in [0.2, 0.25) is 15.9 Å². The van der Waals surface area contributed by atoms with Crippen molar-refractivity contribution < 1.29 is 18.0 Å². The third-order valence-corrected chi connectivity index (χ3v) is 6.34. The second-order valence-corrected chi connectivity index (χ2v) is 8.68. The minimum Gasteiger partial charge on any atom is -0.322 e. The van der Waals surface area contributed by atoms with Crippen LogP contribution in [0.4, 0.5) is 11.4 Å². The number of hydrogen-bond acceptors (Lipinski definition) is 4. The van der Waals surface area contributed by atoms with Crippen LogP contribution in [0.5, 0.6) is 0 Å². The van der Waals surface area contributed by atoms with Crippen molar-refractivity contribution in [2.75, 3.05) is 30.9 Å². The standard InChI is InChI=1S/C19H21N3O4S/c1-13(23)22-11-10-14-4-7-16(12-18(14)22)20-19(24)15-5-8-17(9-6-15)27(25,26)21(2)3/h4-9,12H,10-11H2,1-3H3,(H,20,24). The molecule has 0 unspecified atom stereocenters. The van der Waals surface area contributed by atoms with E-state index in [1.165, 1.54) is 45.3 Å². The van der Waals surface area contributed by atoms with Gasteiger partial charge >= 0.3 is 0 Å². The summed E-state index contributed by atoms with van der Waals surface area (Å²) in [6.45, 7) is 2.16. The molecule has 0 aliphatic carbocycles. The molecular weight excluding hydrogens is 366 g/mol. The number of anilines is 2. The lowest BCUT2D eigenvalue weighted by Gasteiger charge is -2.16. The molecule has 0 fully saturated rings. The SMILES string of the molecule is CC(=O)N1CCc2ccc(NC(=O)c3ccc(S(=O)(=O)N(C)C)cc3)cc21. The summed E-state index contributed by atoms with van der Waals surface area (Å²) in [6.07, 6.45) is 0.797. The number of nitrogens with one attached hydrogen (secondary N) is 1. The Labute approximate surface area is 158 Å². The van der Waals surface area contributed by atoms with Crippen molar-refractivity contribution in [3.05, 3.63) is 53.6 Å². The van der Waals surface area contributed by atoms with Gasteiger partial charge in [-0.15, -0.1) is 0 Å². The van der Waals surface area contributed by atoms with Gasteiger partial charge in [0.05, 0.1) is 4.90 Å². The fourth-order valence-electron chi connectivity index (χ4n) is 2.98. The first-order valence-corrected chi connectivity index (χ1v) is 9.89. The molecule has 1 aliphatic heterocycles. The molecule has 2 aromatic carbocycles. The molecule has 1 heterocycles. The highest BCUT2D eigenvalue weighted by molar-refractivity contribution is 7.89. The fourth-order valence-corrected chi connectivity index (χ4v) is 3.88. The van der Waals surface area contributed by atoms with Crippen molar-refractivity contribution in [3.8, 4) is 0 Å². The van der Waals surface area contributed by atoms with E-state index in [1.807, 2.05) is 6.07 Å². The normalized spacial score (nSPS) is 13.6. The van der Waals surface area contributed by atoms with Gasteiger partial charge < -0.3 is 10.2 Å². The van der Waals surface area contributed by atoms with E-state index in [0.29, 0.717) is 17.8 Å². The Bertz CT molecular complexity index is 998. The third-order valence-electron chi connectivity index (χ3n) is 4.51. The summed E-state index contributed by atoms with van der Waals surface area (Å²) >= 11 is 0. The maximum Gasteiger partial charge on any atom is 0.255 e. The van der Waals surface area contributed by atoms with E-state index < -0.39 is 10.0 Å². The fraction of sp³-hybridized carbons (Fsp3) is 0.263. The summed E-state index contributed by atoms with van der Waals surface area (Å²) in [6, 6.07) is 11.2. The van der Waals surface area contributed by atoms with E-state index >= 15 is 0 Å². The lowest BCUT2D eigenvalue weighted by molar-refractivity contribution is -0.116. The lowest BCUT2D eigenvalue weighted by Crippen LogP contribution is -2.25. The second kappa shape index (κ2) is 7.13. The van der Waals surface area contributed by atoms with Crippen molar-refractivity contribution in [3.63, 3.8) is 0 Å². The molecule has 7 nitrogen and oxygen atoms in total. The van der Waals surface area contributed by atoms with Crippen LogP contribution in [0, 0.1) is 0 Å². The molecule has 2 aromatic rings. The van der Waals surface area contributed by atoms with Gasteiger partial charge in [-0.25, -0.2) is 12.7 Å². The summed E-state index contributed by atoms with van der Waals surface area (Å²) < 4.78 is 25.3. The summed E-state index contributed by atoms with van der Waals surface area (Å²) in [7, 11) is -0.630. The van der Waals surface area contributed by atoms with Crippen LogP contribution in [0.25, 0.3) is 0 Å². The highest BCUT2D eigenvalue weighted by atomic mass is 32.2. The van der Waals surface area contributed by atoms with Crippen molar-refractivity contribution >= 4 is 33.2 Å². The smallest absolute Gasteiger partial charge is 0.255 e. The molecule has 0 spiro atoms. The number of hydrogen-bond donors (Lipinski definition) is 1. The first kappa shape index (κ1) is 19.1. The van der Waals surface area contributed by atoms with Gasteiger partial charge in [-0.05, 0) is 48.4 Å². The average molecular weight is 387 g/mol. The van der Waals surface area contributed by atoms with Crippen molar-refractivity contribution in [2.24, 2.45) is 0 Å². The van der Waals surface area contributed by atoms with E-state index in [2.05, 4.69) is 5.32 Å². The highest BCUT2D eigenvalue weighted by Gasteiger charge is 2.23. The van der Waals surface area contributed by atoms with Gasteiger partial charge in [0, 0.05) is 44.5 Å². The number of carbonyl (C=O) groups excluding carboxylic acids is 2. The number of sulfonamides is 1. The largest absolute Gasteiger partial charge is 0.322 e. The van der Waals surface area contributed by atoms with Gasteiger partial charge in [-0.1, -0.05) is 6.07 Å². The van der Waals surface area contributed by atoms with Crippen LogP contribution in [0.2, 0.25) is 0 Å². The topological polar surface area (TPSA) is 86.8 Å². The number of nitrogens with zero attached hydrogens (tertiary/aromatic N) is 2. The zero-order chi connectivity index (χ0) is 19.8. The first-order valence-electron chi connectivity index (χ1n) is 8.45. The molecule has 1 N–H and O–H groups in total. The predicted octanol–water partition coefficient (Wildman–Crippen LogP) is 2.10. The monoisotopic (exact) mass is 387 g/mol. The molecule has 1 aliphatic rings. The first-order chi connectivity index (χ1) is 12.7. The van der Waals surface area contributed by atoms with Gasteiger partial charge in [0.15, 0.2) is 0 Å². The van der Waals surface area contributed by atoms with Gasteiger partial charge in [0.1, 0.15) is 0 Å². The lowest BCUT2D eigenvalue weighted by atomic mass is 10.1. The van der Waals surface area contributed by atoms with E-state index in [0.717, 1.165) is 22.0 Å². The number of fused-ring (bicyclic) bond motifs is 1. The van der Waals surface area contributed by atoms with Crippen molar-refractivity contribution in [1.82, 2.24) is 4.31 Å². The van der Waals surface area contributed by atoms with E-state index in [1.54, 1.807) is 17.0 Å². The summed E-state index contributed by atoms with van der Waals surface area (Å²) in [5.74, 6) is -0.383. The van der Waals surface area contributed by atoms with Crippen molar-refractivity contribution in [1.29, 1.82) is 0 Å². The summed E-state index contributed by atoms with van der Waals surface area (Å²) in [4.78, 5) is 26.0. The van der Waals surface area contributed by atoms with Crippen LogP contribution in [0.1, 0.15) is 22.8 Å². The Morgan fingerprint density at radius 2 is 1.74 bits per heavy atom. The van der Waals surface area contributed by atoms with Crippen LogP contribution < -0.4 is 10.2 Å². The molecule has 0 saturated heterocycles. The van der Waals surface area contributed by atoms with Gasteiger partial charge in [0.25, 0.3) is 5.91 Å². The van der Waals surface area contributed by atoms with E-state index in [9.17, 15) is 18.0 Å². The van der Waals surface area contributed by atoms with Crippen molar-refractivity contribution in [2.45, 2.75) is 18.2 Å². The van der Waals surface area contributed by atoms with E-state index in [-0.39, 0.29) is 16.7 Å². The predicted molar refractivity (Wildman–Crippen MR) is 103 cm³/mol. The molecule has 0 aromatic heterocycles. The highest BCUT2D eigenvalue weighted by Crippen LogP contribution is 2.31. The Morgan fingerprint density at radius 3 is 2.33 bits per heavy atom. The Morgan fingerprint density at radius 1 is 1.07 bits per heavy atom. The van der Waals surface area contributed by atoms with Crippen LogP contribution in [0.3, 0.4) is 0 Å². The quantitative estimate of drug-likeness (QED) is 0.870. The molecule has 0 saturated carbocycles. The summed E-state index contributed by atoms with van der Waals surface area (Å²) in [5.41, 5.74) is 2.81. The van der Waals surface area contributed by atoms with Gasteiger partial charge in [-0.3, -0.25) is 9.59 Å². The molecular formula is C19H21N3O4S. The zero-order valence-electron chi connectivity index (χ0n) is 15.4. The molecule has 0 radical (unpaired) electrons. The number of rotatable bonds is 4. The molecule has 0 bridgehead atoms. The number of benzene rings is 2. The van der Waals surface area contributed by atoms with Crippen LogP contribution in [-0.2, 0) is 21.2 Å². The minimum atomic E-state index is -3.54. The van der Waals surface area contributed by atoms with Gasteiger partial charge in [-0.2, -0.15) is 0 Å². The summed E-state index contributed by atoms with van der Waals surface area (Å²) in [5, 5.41) is 2.79. The molecule has 27 heavy (non-hydrogen) atoms.